The lowest BCUT2D eigenvalue weighted by Gasteiger charge is -2.09. The summed E-state index contributed by atoms with van der Waals surface area (Å²) in [6.45, 7) is 3.08. The molecule has 0 saturated carbocycles. The maximum atomic E-state index is 12.1. The highest BCUT2D eigenvalue weighted by Gasteiger charge is 2.08. The van der Waals surface area contributed by atoms with E-state index in [1.165, 1.54) is 0 Å². The second-order valence-corrected chi connectivity index (χ2v) is 6.03. The topological polar surface area (TPSA) is 76.7 Å². The Morgan fingerprint density at radius 1 is 0.926 bits per heavy atom. The van der Waals surface area contributed by atoms with Gasteiger partial charge in [-0.1, -0.05) is 25.5 Å². The lowest BCUT2D eigenvalue weighted by molar-refractivity contribution is -0.120. The van der Waals surface area contributed by atoms with Gasteiger partial charge in [0.1, 0.15) is 11.5 Å². The molecule has 0 heterocycles. The van der Waals surface area contributed by atoms with Crippen LogP contribution in [0.25, 0.3) is 0 Å². The molecule has 0 radical (unpaired) electrons. The number of carbonyl (C=O) groups is 2. The fourth-order valence-corrected chi connectivity index (χ4v) is 2.31. The van der Waals surface area contributed by atoms with Crippen molar-refractivity contribution in [1.82, 2.24) is 10.6 Å². The Morgan fingerprint density at radius 2 is 1.59 bits per heavy atom. The monoisotopic (exact) mass is 370 g/mol. The third-order valence-electron chi connectivity index (χ3n) is 3.94. The minimum absolute atomic E-state index is 0.0796. The van der Waals surface area contributed by atoms with Crippen molar-refractivity contribution >= 4 is 11.8 Å². The van der Waals surface area contributed by atoms with E-state index >= 15 is 0 Å². The number of unbranched alkanes of at least 4 members (excludes halogenated alkanes) is 1. The molecular weight excluding hydrogens is 344 g/mol. The molecule has 27 heavy (non-hydrogen) atoms. The van der Waals surface area contributed by atoms with Crippen LogP contribution >= 0.6 is 0 Å². The summed E-state index contributed by atoms with van der Waals surface area (Å²) in [5, 5.41) is 5.38. The normalized spacial score (nSPS) is 10.1. The molecule has 0 unspecified atom stereocenters. The predicted octanol–water partition coefficient (Wildman–Crippen LogP) is 2.92. The van der Waals surface area contributed by atoms with E-state index in [9.17, 15) is 9.59 Å². The molecule has 2 rings (SSSR count). The summed E-state index contributed by atoms with van der Waals surface area (Å²) in [5.41, 5.74) is 1.44. The van der Waals surface area contributed by atoms with Crippen molar-refractivity contribution in [2.24, 2.45) is 0 Å². The van der Waals surface area contributed by atoms with Gasteiger partial charge in [0.05, 0.1) is 20.3 Å². The van der Waals surface area contributed by atoms with E-state index in [-0.39, 0.29) is 18.4 Å². The summed E-state index contributed by atoms with van der Waals surface area (Å²) in [6.07, 6.45) is 2.06. The third kappa shape index (κ3) is 7.01. The van der Waals surface area contributed by atoms with E-state index < -0.39 is 0 Å². The van der Waals surface area contributed by atoms with Crippen molar-refractivity contribution in [3.05, 3.63) is 59.7 Å². The molecule has 0 aliphatic rings. The number of hydrogen-bond donors (Lipinski definition) is 2. The van der Waals surface area contributed by atoms with Crippen molar-refractivity contribution < 1.29 is 19.1 Å². The molecule has 2 amide bonds. The molecule has 2 aromatic carbocycles. The van der Waals surface area contributed by atoms with Crippen LogP contribution < -0.4 is 20.1 Å². The number of rotatable bonds is 10. The molecule has 2 N–H and O–H groups in total. The van der Waals surface area contributed by atoms with E-state index in [0.717, 1.165) is 29.9 Å². The SMILES string of the molecule is CCCCOc1ccc(C(=O)NCC(=O)NCc2ccc(OC)cc2)cc1. The number of benzene rings is 2. The molecule has 144 valence electrons. The van der Waals surface area contributed by atoms with E-state index in [1.807, 2.05) is 24.3 Å². The van der Waals surface area contributed by atoms with E-state index in [2.05, 4.69) is 17.6 Å². The summed E-state index contributed by atoms with van der Waals surface area (Å²) in [6, 6.07) is 14.3. The Morgan fingerprint density at radius 3 is 2.22 bits per heavy atom. The summed E-state index contributed by atoms with van der Waals surface area (Å²) in [4.78, 5) is 24.0. The minimum Gasteiger partial charge on any atom is -0.497 e. The molecule has 0 aliphatic carbocycles. The molecule has 0 aromatic heterocycles. The highest BCUT2D eigenvalue weighted by molar-refractivity contribution is 5.96. The van der Waals surface area contributed by atoms with Crippen molar-refractivity contribution in [3.8, 4) is 11.5 Å². The second-order valence-electron chi connectivity index (χ2n) is 6.03. The maximum Gasteiger partial charge on any atom is 0.251 e. The van der Waals surface area contributed by atoms with Crippen LogP contribution in [0.1, 0.15) is 35.7 Å². The van der Waals surface area contributed by atoms with Gasteiger partial charge in [-0.15, -0.1) is 0 Å². The molecule has 0 bridgehead atoms. The predicted molar refractivity (Wildman–Crippen MR) is 104 cm³/mol. The molecule has 0 spiro atoms. The Kier molecular flexibility index (Phi) is 8.16. The first-order valence-electron chi connectivity index (χ1n) is 9.03. The van der Waals surface area contributed by atoms with Gasteiger partial charge in [-0.25, -0.2) is 0 Å². The summed E-state index contributed by atoms with van der Waals surface area (Å²) in [5.74, 6) is 0.949. The molecule has 0 fully saturated rings. The Balaban J connectivity index is 1.72. The lowest BCUT2D eigenvalue weighted by atomic mass is 10.2. The standard InChI is InChI=1S/C21H26N2O4/c1-3-4-13-27-19-11-7-17(8-12-19)21(25)23-15-20(24)22-14-16-5-9-18(26-2)10-6-16/h5-12H,3-4,13-15H2,1-2H3,(H,22,24)(H,23,25). The van der Waals surface area contributed by atoms with Crippen LogP contribution in [-0.4, -0.2) is 32.1 Å². The van der Waals surface area contributed by atoms with Crippen molar-refractivity contribution in [1.29, 1.82) is 0 Å². The average Bonchev–Trinajstić information content (AvgIpc) is 2.71. The Labute approximate surface area is 159 Å². The minimum atomic E-state index is -0.297. The zero-order chi connectivity index (χ0) is 19.5. The van der Waals surface area contributed by atoms with Crippen LogP contribution in [-0.2, 0) is 11.3 Å². The van der Waals surface area contributed by atoms with Crippen LogP contribution in [0, 0.1) is 0 Å². The van der Waals surface area contributed by atoms with Gasteiger partial charge in [0, 0.05) is 12.1 Å². The van der Waals surface area contributed by atoms with Crippen LogP contribution in [0.4, 0.5) is 0 Å². The molecule has 0 aliphatic heterocycles. The number of hydrogen-bond acceptors (Lipinski definition) is 4. The van der Waals surface area contributed by atoms with E-state index in [0.29, 0.717) is 18.7 Å². The molecule has 0 atom stereocenters. The van der Waals surface area contributed by atoms with Crippen LogP contribution in [0.5, 0.6) is 11.5 Å². The van der Waals surface area contributed by atoms with Crippen LogP contribution in [0.3, 0.4) is 0 Å². The highest BCUT2D eigenvalue weighted by Crippen LogP contribution is 2.13. The van der Waals surface area contributed by atoms with Crippen LogP contribution in [0.2, 0.25) is 0 Å². The molecule has 2 aromatic rings. The number of methoxy groups -OCH3 is 1. The smallest absolute Gasteiger partial charge is 0.251 e. The first kappa shape index (κ1) is 20.3. The summed E-state index contributed by atoms with van der Waals surface area (Å²) < 4.78 is 10.7. The zero-order valence-corrected chi connectivity index (χ0v) is 15.8. The number of nitrogens with one attached hydrogen (secondary N) is 2. The van der Waals surface area contributed by atoms with Gasteiger partial charge in [0.2, 0.25) is 5.91 Å². The molecule has 6 heteroatoms. The number of ether oxygens (including phenoxy) is 2. The van der Waals surface area contributed by atoms with Gasteiger partial charge in [-0.05, 0) is 48.4 Å². The molecular formula is C21H26N2O4. The first-order chi connectivity index (χ1) is 13.1. The van der Waals surface area contributed by atoms with Gasteiger partial charge < -0.3 is 20.1 Å². The summed E-state index contributed by atoms with van der Waals surface area (Å²) >= 11 is 0. The lowest BCUT2D eigenvalue weighted by Crippen LogP contribution is -2.36. The van der Waals surface area contributed by atoms with E-state index in [1.54, 1.807) is 31.4 Å². The second kappa shape index (κ2) is 10.9. The highest BCUT2D eigenvalue weighted by atomic mass is 16.5. The molecule has 0 saturated heterocycles. The Bertz CT molecular complexity index is 727. The zero-order valence-electron chi connectivity index (χ0n) is 15.8. The van der Waals surface area contributed by atoms with Gasteiger partial charge in [-0.3, -0.25) is 9.59 Å². The van der Waals surface area contributed by atoms with Gasteiger partial charge in [0.25, 0.3) is 5.91 Å². The average molecular weight is 370 g/mol. The van der Waals surface area contributed by atoms with Gasteiger partial charge >= 0.3 is 0 Å². The third-order valence-corrected chi connectivity index (χ3v) is 3.94. The Hall–Kier alpha value is -3.02. The molecule has 6 nitrogen and oxygen atoms in total. The number of carbonyl (C=O) groups excluding carboxylic acids is 2. The van der Waals surface area contributed by atoms with Crippen molar-refractivity contribution in [3.63, 3.8) is 0 Å². The van der Waals surface area contributed by atoms with Gasteiger partial charge in [-0.2, -0.15) is 0 Å². The number of amides is 2. The maximum absolute atomic E-state index is 12.1. The van der Waals surface area contributed by atoms with Crippen molar-refractivity contribution in [2.45, 2.75) is 26.3 Å². The fourth-order valence-electron chi connectivity index (χ4n) is 2.31. The van der Waals surface area contributed by atoms with Gasteiger partial charge in [0.15, 0.2) is 0 Å². The van der Waals surface area contributed by atoms with Crippen molar-refractivity contribution in [2.75, 3.05) is 20.3 Å². The quantitative estimate of drug-likeness (QED) is 0.631. The summed E-state index contributed by atoms with van der Waals surface area (Å²) in [7, 11) is 1.60. The van der Waals surface area contributed by atoms with Crippen LogP contribution in [0.15, 0.2) is 48.5 Å². The fraction of sp³-hybridized carbons (Fsp3) is 0.333. The van der Waals surface area contributed by atoms with E-state index in [4.69, 9.17) is 9.47 Å². The first-order valence-corrected chi connectivity index (χ1v) is 9.03. The largest absolute Gasteiger partial charge is 0.497 e.